The van der Waals surface area contributed by atoms with Crippen molar-refractivity contribution in [1.29, 1.82) is 0 Å². The van der Waals surface area contributed by atoms with E-state index in [1.54, 1.807) is 13.8 Å². The van der Waals surface area contributed by atoms with Crippen LogP contribution >= 0.6 is 0 Å². The number of ether oxygens (including phenoxy) is 1. The zero-order valence-electron chi connectivity index (χ0n) is 7.92. The standard InChI is InChI=1S/C5H11N3O5S/c1-5(2,11-3)8-4(6)7-12-14(9,10)13-8/h1-3H3,(H2,6,7). The molecule has 14 heavy (non-hydrogen) atoms. The molecule has 9 heteroatoms. The first-order valence-corrected chi connectivity index (χ1v) is 4.94. The van der Waals surface area contributed by atoms with Gasteiger partial charge in [0.2, 0.25) is 0 Å². The molecule has 2 N–H and O–H groups in total. The minimum Gasteiger partial charge on any atom is -0.365 e. The molecule has 0 spiro atoms. The van der Waals surface area contributed by atoms with Crippen molar-refractivity contribution >= 4 is 16.4 Å². The normalized spacial score (nSPS) is 21.4. The molecule has 1 rings (SSSR count). The number of guanidine groups is 1. The van der Waals surface area contributed by atoms with Crippen molar-refractivity contribution in [2.75, 3.05) is 7.11 Å². The molecule has 1 heterocycles. The Hall–Kier alpha value is -1.06. The number of nitrogens with zero attached hydrogens (tertiary/aromatic N) is 2. The van der Waals surface area contributed by atoms with Crippen LogP contribution in [0.1, 0.15) is 13.8 Å². The Morgan fingerprint density at radius 1 is 1.57 bits per heavy atom. The van der Waals surface area contributed by atoms with Crippen LogP contribution in [0.15, 0.2) is 5.16 Å². The van der Waals surface area contributed by atoms with Gasteiger partial charge in [-0.3, -0.25) is 0 Å². The number of oxime groups is 1. The van der Waals surface area contributed by atoms with E-state index in [0.29, 0.717) is 0 Å². The summed E-state index contributed by atoms with van der Waals surface area (Å²) in [5, 5.41) is 3.90. The van der Waals surface area contributed by atoms with Crippen LogP contribution in [0.25, 0.3) is 0 Å². The number of rotatable bonds is 2. The van der Waals surface area contributed by atoms with Crippen LogP contribution < -0.4 is 5.73 Å². The van der Waals surface area contributed by atoms with E-state index in [1.165, 1.54) is 7.11 Å². The number of hydrogen-bond acceptors (Lipinski definition) is 8. The van der Waals surface area contributed by atoms with Gasteiger partial charge in [0.1, 0.15) is 0 Å². The topological polar surface area (TPSA) is 103 Å². The third-order valence-electron chi connectivity index (χ3n) is 1.58. The molecule has 0 amide bonds. The smallest absolute Gasteiger partial charge is 0.365 e. The molecule has 0 unspecified atom stereocenters. The van der Waals surface area contributed by atoms with Gasteiger partial charge in [-0.1, -0.05) is 0 Å². The highest BCUT2D eigenvalue weighted by molar-refractivity contribution is 7.81. The van der Waals surface area contributed by atoms with Crippen molar-refractivity contribution in [3.05, 3.63) is 0 Å². The SMILES string of the molecule is COC(C)(C)N1OS(=O)(=O)ON=C1N. The van der Waals surface area contributed by atoms with Crippen LogP contribution in [0.5, 0.6) is 0 Å². The summed E-state index contributed by atoms with van der Waals surface area (Å²) in [4.78, 5) is 0. The fraction of sp³-hybridized carbons (Fsp3) is 0.800. The monoisotopic (exact) mass is 225 g/mol. The van der Waals surface area contributed by atoms with Crippen molar-refractivity contribution in [2.45, 2.75) is 19.6 Å². The predicted molar refractivity (Wildman–Crippen MR) is 45.6 cm³/mol. The van der Waals surface area contributed by atoms with E-state index in [-0.39, 0.29) is 5.96 Å². The van der Waals surface area contributed by atoms with Crippen molar-refractivity contribution in [1.82, 2.24) is 5.06 Å². The van der Waals surface area contributed by atoms with E-state index >= 15 is 0 Å². The van der Waals surface area contributed by atoms with Crippen LogP contribution in [-0.2, 0) is 23.7 Å². The summed E-state index contributed by atoms with van der Waals surface area (Å²) < 4.78 is 35.1. The average molecular weight is 225 g/mol. The van der Waals surface area contributed by atoms with Gasteiger partial charge in [-0.15, -0.1) is 4.28 Å². The van der Waals surface area contributed by atoms with E-state index in [1.807, 2.05) is 0 Å². The zero-order valence-corrected chi connectivity index (χ0v) is 8.74. The lowest BCUT2D eigenvalue weighted by Gasteiger charge is -2.35. The maximum Gasteiger partial charge on any atom is 0.491 e. The van der Waals surface area contributed by atoms with Crippen LogP contribution in [0.2, 0.25) is 0 Å². The lowest BCUT2D eigenvalue weighted by atomic mass is 10.3. The van der Waals surface area contributed by atoms with Gasteiger partial charge in [0, 0.05) is 7.11 Å². The van der Waals surface area contributed by atoms with Gasteiger partial charge in [0.15, 0.2) is 5.72 Å². The molecule has 1 aliphatic rings. The van der Waals surface area contributed by atoms with Gasteiger partial charge in [0.05, 0.1) is 0 Å². The van der Waals surface area contributed by atoms with Gasteiger partial charge >= 0.3 is 10.4 Å². The highest BCUT2D eigenvalue weighted by Gasteiger charge is 2.38. The van der Waals surface area contributed by atoms with E-state index in [9.17, 15) is 8.42 Å². The molecule has 0 aromatic rings. The molecular weight excluding hydrogens is 214 g/mol. The molecule has 82 valence electrons. The molecule has 0 aromatic carbocycles. The van der Waals surface area contributed by atoms with Gasteiger partial charge in [0.25, 0.3) is 5.96 Å². The number of nitrogens with two attached hydrogens (primary N) is 1. The molecule has 0 atom stereocenters. The van der Waals surface area contributed by atoms with E-state index < -0.39 is 16.1 Å². The molecule has 0 saturated heterocycles. The average Bonchev–Trinajstić information content (AvgIpc) is 2.09. The highest BCUT2D eigenvalue weighted by atomic mass is 32.3. The summed E-state index contributed by atoms with van der Waals surface area (Å²) >= 11 is 0. The Morgan fingerprint density at radius 3 is 2.64 bits per heavy atom. The quantitative estimate of drug-likeness (QED) is 0.649. The molecule has 8 nitrogen and oxygen atoms in total. The van der Waals surface area contributed by atoms with Crippen molar-refractivity contribution < 1.29 is 21.7 Å². The van der Waals surface area contributed by atoms with E-state index in [4.69, 9.17) is 10.5 Å². The van der Waals surface area contributed by atoms with Crippen LogP contribution in [-0.4, -0.2) is 32.3 Å². The predicted octanol–water partition coefficient (Wildman–Crippen LogP) is -0.893. The first kappa shape index (κ1) is 11.0. The maximum atomic E-state index is 10.9. The maximum absolute atomic E-state index is 10.9. The minimum atomic E-state index is -4.18. The molecule has 0 aromatic heterocycles. The summed E-state index contributed by atoms with van der Waals surface area (Å²) in [5.74, 6) is -0.244. The molecule has 0 radical (unpaired) electrons. The molecule has 1 aliphatic heterocycles. The Labute approximate surface area is 81.5 Å². The van der Waals surface area contributed by atoms with Gasteiger partial charge in [-0.25, -0.2) is 4.28 Å². The Kier molecular flexibility index (Phi) is 2.56. The fourth-order valence-corrected chi connectivity index (χ4v) is 1.35. The number of hydrogen-bond donors (Lipinski definition) is 1. The Morgan fingerprint density at radius 2 is 2.14 bits per heavy atom. The number of hydroxylamine groups is 2. The summed E-state index contributed by atoms with van der Waals surface area (Å²) in [6.07, 6.45) is 0. The lowest BCUT2D eigenvalue weighted by molar-refractivity contribution is -0.198. The largest absolute Gasteiger partial charge is 0.491 e. The van der Waals surface area contributed by atoms with E-state index in [2.05, 4.69) is 13.7 Å². The second-order valence-corrected chi connectivity index (χ2v) is 4.07. The van der Waals surface area contributed by atoms with Gasteiger partial charge in [-0.2, -0.15) is 13.5 Å². The molecule has 0 aliphatic carbocycles. The molecule has 0 bridgehead atoms. The van der Waals surface area contributed by atoms with Crippen molar-refractivity contribution in [3.8, 4) is 0 Å². The first-order chi connectivity index (χ1) is 6.28. The van der Waals surface area contributed by atoms with Crippen molar-refractivity contribution in [2.24, 2.45) is 10.9 Å². The molecular formula is C5H11N3O5S. The third kappa shape index (κ3) is 2.05. The lowest BCUT2D eigenvalue weighted by Crippen LogP contribution is -2.54. The zero-order chi connectivity index (χ0) is 11.0. The first-order valence-electron chi connectivity index (χ1n) is 3.60. The van der Waals surface area contributed by atoms with E-state index in [0.717, 1.165) is 5.06 Å². The molecule has 0 saturated carbocycles. The fourth-order valence-electron chi connectivity index (χ4n) is 0.713. The summed E-state index contributed by atoms with van der Waals surface area (Å²) in [5.41, 5.74) is 4.28. The summed E-state index contributed by atoms with van der Waals surface area (Å²) in [7, 11) is -2.81. The number of methoxy groups -OCH3 is 1. The Balaban J connectivity index is 3.00. The summed E-state index contributed by atoms with van der Waals surface area (Å²) in [6.45, 7) is 3.10. The highest BCUT2D eigenvalue weighted by Crippen LogP contribution is 2.20. The van der Waals surface area contributed by atoms with Gasteiger partial charge < -0.3 is 10.5 Å². The van der Waals surface area contributed by atoms with Crippen LogP contribution in [0, 0.1) is 0 Å². The van der Waals surface area contributed by atoms with Crippen molar-refractivity contribution in [3.63, 3.8) is 0 Å². The second-order valence-electron chi connectivity index (χ2n) is 2.95. The van der Waals surface area contributed by atoms with Crippen LogP contribution in [0.4, 0.5) is 0 Å². The Bertz CT molecular complexity index is 348. The second kappa shape index (κ2) is 3.26. The third-order valence-corrected chi connectivity index (χ3v) is 2.17. The van der Waals surface area contributed by atoms with Gasteiger partial charge in [-0.05, 0) is 19.0 Å². The van der Waals surface area contributed by atoms with Crippen LogP contribution in [0.3, 0.4) is 0 Å². The molecule has 0 fully saturated rings. The summed E-state index contributed by atoms with van der Waals surface area (Å²) in [6, 6.07) is 0. The minimum absolute atomic E-state index is 0.244.